The molecule has 0 radical (unpaired) electrons. The van der Waals surface area contributed by atoms with Gasteiger partial charge in [0.25, 0.3) is 5.56 Å². The molecule has 1 aromatic rings. The molecule has 0 aromatic carbocycles. The summed E-state index contributed by atoms with van der Waals surface area (Å²) in [5.74, 6) is 0.479. The fourth-order valence-electron chi connectivity index (χ4n) is 1.23. The minimum absolute atomic E-state index is 0.0210. The summed E-state index contributed by atoms with van der Waals surface area (Å²) in [6.07, 6.45) is 1.76. The summed E-state index contributed by atoms with van der Waals surface area (Å²) >= 11 is 8.81. The van der Waals surface area contributed by atoms with Crippen LogP contribution in [0.2, 0.25) is 0 Å². The van der Waals surface area contributed by atoms with E-state index < -0.39 is 0 Å². The third-order valence-corrected chi connectivity index (χ3v) is 2.52. The SMILES string of the molecule is Cc1cc(Br)cn(CCOCCCl)c1=O. The van der Waals surface area contributed by atoms with Gasteiger partial charge in [-0.15, -0.1) is 11.6 Å². The number of ether oxygens (including phenoxy) is 1. The summed E-state index contributed by atoms with van der Waals surface area (Å²) < 4.78 is 7.75. The molecular formula is C10H13BrClNO2. The lowest BCUT2D eigenvalue weighted by Crippen LogP contribution is -2.23. The monoisotopic (exact) mass is 293 g/mol. The number of nitrogens with zero attached hydrogens (tertiary/aromatic N) is 1. The molecule has 0 bridgehead atoms. The van der Waals surface area contributed by atoms with Crippen LogP contribution in [0.1, 0.15) is 5.56 Å². The van der Waals surface area contributed by atoms with Gasteiger partial charge in [0.1, 0.15) is 0 Å². The zero-order valence-electron chi connectivity index (χ0n) is 8.50. The van der Waals surface area contributed by atoms with E-state index in [-0.39, 0.29) is 5.56 Å². The zero-order chi connectivity index (χ0) is 11.3. The lowest BCUT2D eigenvalue weighted by molar-refractivity contribution is 0.140. The predicted octanol–water partition coefficient (Wildman–Crippen LogP) is 2.17. The van der Waals surface area contributed by atoms with Gasteiger partial charge in [0, 0.05) is 28.7 Å². The van der Waals surface area contributed by atoms with E-state index in [1.165, 1.54) is 0 Å². The van der Waals surface area contributed by atoms with Crippen molar-refractivity contribution < 1.29 is 4.74 Å². The van der Waals surface area contributed by atoms with Gasteiger partial charge in [-0.25, -0.2) is 0 Å². The summed E-state index contributed by atoms with van der Waals surface area (Å²) in [5.41, 5.74) is 0.745. The second-order valence-corrected chi connectivity index (χ2v) is 4.43. The van der Waals surface area contributed by atoms with E-state index in [1.807, 2.05) is 0 Å². The highest BCUT2D eigenvalue weighted by Crippen LogP contribution is 2.07. The van der Waals surface area contributed by atoms with Crippen LogP contribution in [0.3, 0.4) is 0 Å². The molecule has 1 heterocycles. The molecule has 0 atom stereocenters. The molecule has 84 valence electrons. The van der Waals surface area contributed by atoms with Gasteiger partial charge in [-0.1, -0.05) is 0 Å². The Balaban J connectivity index is 2.64. The molecule has 0 saturated carbocycles. The average molecular weight is 295 g/mol. The number of hydrogen-bond acceptors (Lipinski definition) is 2. The fourth-order valence-corrected chi connectivity index (χ4v) is 1.93. The second-order valence-electron chi connectivity index (χ2n) is 3.14. The third-order valence-electron chi connectivity index (χ3n) is 1.93. The van der Waals surface area contributed by atoms with Crippen molar-refractivity contribution in [3.05, 3.63) is 32.7 Å². The Morgan fingerprint density at radius 3 is 2.93 bits per heavy atom. The standard InChI is InChI=1S/C10H13BrClNO2/c1-8-6-9(11)7-13(10(8)14)3-5-15-4-2-12/h6-7H,2-5H2,1H3. The Labute approximate surface area is 102 Å². The number of halogens is 2. The Morgan fingerprint density at radius 2 is 2.27 bits per heavy atom. The minimum atomic E-state index is 0.0210. The molecule has 0 N–H and O–H groups in total. The first kappa shape index (κ1) is 12.7. The summed E-state index contributed by atoms with van der Waals surface area (Å²) in [7, 11) is 0. The molecular weight excluding hydrogens is 281 g/mol. The maximum Gasteiger partial charge on any atom is 0.253 e. The van der Waals surface area contributed by atoms with Gasteiger partial charge in [-0.05, 0) is 28.9 Å². The molecule has 0 aliphatic carbocycles. The molecule has 1 rings (SSSR count). The van der Waals surface area contributed by atoms with Crippen LogP contribution in [0, 0.1) is 6.92 Å². The van der Waals surface area contributed by atoms with Crippen molar-refractivity contribution in [3.63, 3.8) is 0 Å². The highest BCUT2D eigenvalue weighted by atomic mass is 79.9. The van der Waals surface area contributed by atoms with Crippen LogP contribution in [-0.4, -0.2) is 23.7 Å². The topological polar surface area (TPSA) is 31.2 Å². The van der Waals surface area contributed by atoms with Crippen LogP contribution in [0.5, 0.6) is 0 Å². The van der Waals surface area contributed by atoms with Crippen LogP contribution in [0.15, 0.2) is 21.5 Å². The number of aromatic nitrogens is 1. The Kier molecular flexibility index (Phi) is 5.36. The van der Waals surface area contributed by atoms with Crippen LogP contribution >= 0.6 is 27.5 Å². The third kappa shape index (κ3) is 3.97. The molecule has 3 nitrogen and oxygen atoms in total. The van der Waals surface area contributed by atoms with Crippen LogP contribution in [0.25, 0.3) is 0 Å². The number of aryl methyl sites for hydroxylation is 1. The van der Waals surface area contributed by atoms with Gasteiger partial charge >= 0.3 is 0 Å². The molecule has 1 aromatic heterocycles. The molecule has 0 amide bonds. The van der Waals surface area contributed by atoms with E-state index in [1.54, 1.807) is 23.8 Å². The molecule has 0 unspecified atom stereocenters. The van der Waals surface area contributed by atoms with Crippen molar-refractivity contribution >= 4 is 27.5 Å². The van der Waals surface area contributed by atoms with E-state index in [0.29, 0.717) is 25.6 Å². The maximum absolute atomic E-state index is 11.6. The first-order chi connectivity index (χ1) is 7.15. The number of pyridine rings is 1. The lowest BCUT2D eigenvalue weighted by Gasteiger charge is -2.07. The fraction of sp³-hybridized carbons (Fsp3) is 0.500. The first-order valence-electron chi connectivity index (χ1n) is 4.65. The average Bonchev–Trinajstić information content (AvgIpc) is 2.19. The van der Waals surface area contributed by atoms with E-state index in [4.69, 9.17) is 16.3 Å². The van der Waals surface area contributed by atoms with Gasteiger partial charge in [0.2, 0.25) is 0 Å². The first-order valence-corrected chi connectivity index (χ1v) is 5.98. The lowest BCUT2D eigenvalue weighted by atomic mass is 10.3. The van der Waals surface area contributed by atoms with Gasteiger partial charge in [0.15, 0.2) is 0 Å². The Hall–Kier alpha value is -0.320. The molecule has 0 fully saturated rings. The van der Waals surface area contributed by atoms with Crippen molar-refractivity contribution in [3.8, 4) is 0 Å². The van der Waals surface area contributed by atoms with E-state index >= 15 is 0 Å². The molecule has 0 aliphatic rings. The number of alkyl halides is 1. The molecule has 5 heteroatoms. The van der Waals surface area contributed by atoms with Gasteiger partial charge in [-0.2, -0.15) is 0 Å². The van der Waals surface area contributed by atoms with Crippen molar-refractivity contribution in [2.45, 2.75) is 13.5 Å². The van der Waals surface area contributed by atoms with Gasteiger partial charge in [-0.3, -0.25) is 4.79 Å². The summed E-state index contributed by atoms with van der Waals surface area (Å²) in [6.45, 7) is 3.37. The summed E-state index contributed by atoms with van der Waals surface area (Å²) in [4.78, 5) is 11.6. The van der Waals surface area contributed by atoms with E-state index in [2.05, 4.69) is 15.9 Å². The van der Waals surface area contributed by atoms with Crippen molar-refractivity contribution in [1.82, 2.24) is 4.57 Å². The van der Waals surface area contributed by atoms with Crippen molar-refractivity contribution in [2.75, 3.05) is 19.1 Å². The molecule has 0 saturated heterocycles. The molecule has 0 spiro atoms. The van der Waals surface area contributed by atoms with Gasteiger partial charge in [0.05, 0.1) is 13.2 Å². The smallest absolute Gasteiger partial charge is 0.253 e. The summed E-state index contributed by atoms with van der Waals surface area (Å²) in [5, 5.41) is 0. The molecule has 0 aliphatic heterocycles. The van der Waals surface area contributed by atoms with Gasteiger partial charge < -0.3 is 9.30 Å². The maximum atomic E-state index is 11.6. The minimum Gasteiger partial charge on any atom is -0.378 e. The quantitative estimate of drug-likeness (QED) is 0.616. The van der Waals surface area contributed by atoms with Crippen LogP contribution in [0.4, 0.5) is 0 Å². The highest BCUT2D eigenvalue weighted by Gasteiger charge is 2.01. The zero-order valence-corrected chi connectivity index (χ0v) is 10.8. The van der Waals surface area contributed by atoms with Crippen LogP contribution in [-0.2, 0) is 11.3 Å². The van der Waals surface area contributed by atoms with Crippen molar-refractivity contribution in [2.24, 2.45) is 0 Å². The predicted molar refractivity (Wildman–Crippen MR) is 64.7 cm³/mol. The Bertz CT molecular complexity index is 378. The molecule has 15 heavy (non-hydrogen) atoms. The Morgan fingerprint density at radius 1 is 1.53 bits per heavy atom. The number of hydrogen-bond donors (Lipinski definition) is 0. The van der Waals surface area contributed by atoms with Crippen molar-refractivity contribution in [1.29, 1.82) is 0 Å². The second kappa shape index (κ2) is 6.30. The summed E-state index contributed by atoms with van der Waals surface area (Å²) in [6, 6.07) is 1.80. The van der Waals surface area contributed by atoms with Crippen LogP contribution < -0.4 is 5.56 Å². The number of rotatable bonds is 5. The van der Waals surface area contributed by atoms with E-state index in [9.17, 15) is 4.79 Å². The van der Waals surface area contributed by atoms with E-state index in [0.717, 1.165) is 10.0 Å². The normalized spacial score (nSPS) is 10.6. The highest BCUT2D eigenvalue weighted by molar-refractivity contribution is 9.10. The largest absolute Gasteiger partial charge is 0.378 e.